The molecule has 3 N–H and O–H groups in total. The van der Waals surface area contributed by atoms with Crippen LogP contribution in [0.2, 0.25) is 0 Å². The molecule has 0 aromatic heterocycles. The fourth-order valence-corrected chi connectivity index (χ4v) is 3.30. The molecule has 1 amide bonds. The Balaban J connectivity index is 0.00000288. The van der Waals surface area contributed by atoms with E-state index < -0.39 is 15.4 Å². The number of carbonyl (C=O) groups excluding carboxylic acids is 1. The van der Waals surface area contributed by atoms with Crippen molar-refractivity contribution in [2.75, 3.05) is 25.5 Å². The summed E-state index contributed by atoms with van der Waals surface area (Å²) in [6, 6.07) is 4.47. The highest BCUT2D eigenvalue weighted by Gasteiger charge is 2.23. The Labute approximate surface area is 148 Å². The molecule has 0 atom stereocenters. The van der Waals surface area contributed by atoms with Gasteiger partial charge >= 0.3 is 0 Å². The number of halogens is 1. The molecule has 2 rings (SSSR count). The molecule has 7 nitrogen and oxygen atoms in total. The van der Waals surface area contributed by atoms with Crippen LogP contribution in [0.1, 0.15) is 20.3 Å². The SMILES string of the molecule is CC(C)(CN)NC(=O)CCS(=O)(=O)c1ccc2c(c1)OCCO2.Cl. The number of sulfone groups is 1. The zero-order chi connectivity index (χ0) is 17.1. The van der Waals surface area contributed by atoms with E-state index in [1.807, 2.05) is 0 Å². The van der Waals surface area contributed by atoms with Crippen molar-refractivity contribution in [3.63, 3.8) is 0 Å². The quantitative estimate of drug-likeness (QED) is 0.761. The second-order valence-electron chi connectivity index (χ2n) is 6.01. The van der Waals surface area contributed by atoms with Gasteiger partial charge in [0.05, 0.1) is 10.6 Å². The van der Waals surface area contributed by atoms with Gasteiger partial charge in [0, 0.05) is 24.6 Å². The number of nitrogens with two attached hydrogens (primary N) is 1. The van der Waals surface area contributed by atoms with Gasteiger partial charge in [-0.25, -0.2) is 8.42 Å². The summed E-state index contributed by atoms with van der Waals surface area (Å²) in [5, 5.41) is 2.71. The Hall–Kier alpha value is -1.51. The van der Waals surface area contributed by atoms with E-state index in [0.717, 1.165) is 0 Å². The zero-order valence-electron chi connectivity index (χ0n) is 13.7. The lowest BCUT2D eigenvalue weighted by molar-refractivity contribution is -0.122. The van der Waals surface area contributed by atoms with Gasteiger partial charge in [-0.05, 0) is 26.0 Å². The summed E-state index contributed by atoms with van der Waals surface area (Å²) in [4.78, 5) is 12.0. The second-order valence-corrected chi connectivity index (χ2v) is 8.12. The molecule has 24 heavy (non-hydrogen) atoms. The standard InChI is InChI=1S/C15H22N2O5S.ClH/c1-15(2,10-16)17-14(18)5-8-23(19,20)11-3-4-12-13(9-11)22-7-6-21-12;/h3-4,9H,5-8,10,16H2,1-2H3,(H,17,18);1H. The molecule has 0 fully saturated rings. The minimum Gasteiger partial charge on any atom is -0.486 e. The van der Waals surface area contributed by atoms with Crippen molar-refractivity contribution in [3.8, 4) is 11.5 Å². The minimum atomic E-state index is -3.58. The molecule has 1 aromatic carbocycles. The van der Waals surface area contributed by atoms with E-state index in [0.29, 0.717) is 24.7 Å². The van der Waals surface area contributed by atoms with Crippen molar-refractivity contribution < 1.29 is 22.7 Å². The van der Waals surface area contributed by atoms with E-state index in [9.17, 15) is 13.2 Å². The molecule has 0 radical (unpaired) electrons. The largest absolute Gasteiger partial charge is 0.486 e. The third kappa shape index (κ3) is 5.25. The molecular weight excluding hydrogens is 356 g/mol. The van der Waals surface area contributed by atoms with E-state index in [1.54, 1.807) is 19.9 Å². The third-order valence-corrected chi connectivity index (χ3v) is 5.17. The van der Waals surface area contributed by atoms with E-state index in [4.69, 9.17) is 15.2 Å². The van der Waals surface area contributed by atoms with Crippen LogP contribution < -0.4 is 20.5 Å². The summed E-state index contributed by atoms with van der Waals surface area (Å²) in [6.07, 6.45) is -0.125. The highest BCUT2D eigenvalue weighted by atomic mass is 35.5. The summed E-state index contributed by atoms with van der Waals surface area (Å²) >= 11 is 0. The van der Waals surface area contributed by atoms with Gasteiger partial charge in [-0.1, -0.05) is 0 Å². The summed E-state index contributed by atoms with van der Waals surface area (Å²) < 4.78 is 35.5. The van der Waals surface area contributed by atoms with Crippen molar-refractivity contribution in [1.82, 2.24) is 5.32 Å². The molecule has 0 bridgehead atoms. The fourth-order valence-electron chi connectivity index (χ4n) is 2.05. The third-order valence-electron chi connectivity index (χ3n) is 3.46. The molecule has 9 heteroatoms. The predicted octanol–water partition coefficient (Wildman–Crippen LogP) is 0.897. The van der Waals surface area contributed by atoms with Crippen LogP contribution in [-0.4, -0.2) is 45.4 Å². The van der Waals surface area contributed by atoms with Crippen LogP contribution >= 0.6 is 12.4 Å². The predicted molar refractivity (Wildman–Crippen MR) is 92.6 cm³/mol. The van der Waals surface area contributed by atoms with Crippen LogP contribution in [0.3, 0.4) is 0 Å². The Morgan fingerprint density at radius 1 is 1.25 bits per heavy atom. The van der Waals surface area contributed by atoms with Gasteiger partial charge in [0.15, 0.2) is 21.3 Å². The van der Waals surface area contributed by atoms with E-state index in [2.05, 4.69) is 5.32 Å². The number of fused-ring (bicyclic) bond motifs is 1. The highest BCUT2D eigenvalue weighted by molar-refractivity contribution is 7.91. The zero-order valence-corrected chi connectivity index (χ0v) is 15.3. The summed E-state index contributed by atoms with van der Waals surface area (Å²) in [5.41, 5.74) is 4.98. The van der Waals surface area contributed by atoms with Gasteiger partial charge in [-0.15, -0.1) is 12.4 Å². The topological polar surface area (TPSA) is 108 Å². The normalized spacial score (nSPS) is 13.8. The Morgan fingerprint density at radius 2 is 1.88 bits per heavy atom. The highest BCUT2D eigenvalue weighted by Crippen LogP contribution is 2.32. The van der Waals surface area contributed by atoms with Gasteiger partial charge in [0.1, 0.15) is 13.2 Å². The monoisotopic (exact) mass is 378 g/mol. The number of carbonyl (C=O) groups is 1. The van der Waals surface area contributed by atoms with Crippen LogP contribution in [-0.2, 0) is 14.6 Å². The molecule has 0 saturated heterocycles. The lowest BCUT2D eigenvalue weighted by atomic mass is 10.1. The smallest absolute Gasteiger partial charge is 0.221 e. The first-order chi connectivity index (χ1) is 10.7. The van der Waals surface area contributed by atoms with E-state index in [-0.39, 0.29) is 41.9 Å². The number of amides is 1. The molecule has 0 aliphatic carbocycles. The molecule has 1 aromatic rings. The first-order valence-corrected chi connectivity index (χ1v) is 9.02. The van der Waals surface area contributed by atoms with E-state index in [1.165, 1.54) is 12.1 Å². The van der Waals surface area contributed by atoms with Crippen LogP contribution in [0.25, 0.3) is 0 Å². The van der Waals surface area contributed by atoms with Gasteiger partial charge in [0.2, 0.25) is 5.91 Å². The minimum absolute atomic E-state index is 0. The van der Waals surface area contributed by atoms with Crippen molar-refractivity contribution >= 4 is 28.2 Å². The molecule has 1 heterocycles. The number of ether oxygens (including phenoxy) is 2. The maximum Gasteiger partial charge on any atom is 0.221 e. The van der Waals surface area contributed by atoms with Crippen LogP contribution in [0.4, 0.5) is 0 Å². The second kappa shape index (κ2) is 8.04. The molecule has 1 aliphatic heterocycles. The molecular formula is C15H23ClN2O5S. The fraction of sp³-hybridized carbons (Fsp3) is 0.533. The molecule has 0 unspecified atom stereocenters. The van der Waals surface area contributed by atoms with Gasteiger partial charge in [-0.3, -0.25) is 4.79 Å². The summed E-state index contributed by atoms with van der Waals surface area (Å²) in [6.45, 7) is 4.65. The van der Waals surface area contributed by atoms with Crippen LogP contribution in [0.15, 0.2) is 23.1 Å². The Bertz CT molecular complexity index is 691. The maximum absolute atomic E-state index is 12.4. The number of benzene rings is 1. The lowest BCUT2D eigenvalue weighted by Gasteiger charge is -2.24. The van der Waals surface area contributed by atoms with Crippen molar-refractivity contribution in [2.45, 2.75) is 30.7 Å². The van der Waals surface area contributed by atoms with Crippen molar-refractivity contribution in [3.05, 3.63) is 18.2 Å². The maximum atomic E-state index is 12.4. The van der Waals surface area contributed by atoms with Crippen LogP contribution in [0.5, 0.6) is 11.5 Å². The number of nitrogens with one attached hydrogen (secondary N) is 1. The molecule has 0 saturated carbocycles. The van der Waals surface area contributed by atoms with Gasteiger partial charge in [0.25, 0.3) is 0 Å². The van der Waals surface area contributed by atoms with Gasteiger partial charge < -0.3 is 20.5 Å². The Kier molecular flexibility index (Phi) is 6.88. The first kappa shape index (κ1) is 20.5. The molecule has 1 aliphatic rings. The van der Waals surface area contributed by atoms with E-state index >= 15 is 0 Å². The lowest BCUT2D eigenvalue weighted by Crippen LogP contribution is -2.49. The number of hydrogen-bond acceptors (Lipinski definition) is 6. The van der Waals surface area contributed by atoms with Crippen molar-refractivity contribution in [1.29, 1.82) is 0 Å². The van der Waals surface area contributed by atoms with Crippen molar-refractivity contribution in [2.24, 2.45) is 5.73 Å². The summed E-state index contributed by atoms with van der Waals surface area (Å²) in [5.74, 6) is 0.310. The average molecular weight is 379 g/mol. The molecule has 136 valence electrons. The first-order valence-electron chi connectivity index (χ1n) is 7.37. The van der Waals surface area contributed by atoms with Gasteiger partial charge in [-0.2, -0.15) is 0 Å². The number of rotatable bonds is 6. The average Bonchev–Trinajstić information content (AvgIpc) is 2.52. The Morgan fingerprint density at radius 3 is 2.50 bits per heavy atom. The molecule has 0 spiro atoms. The number of hydrogen-bond donors (Lipinski definition) is 2. The van der Waals surface area contributed by atoms with Crippen LogP contribution in [0, 0.1) is 0 Å². The summed E-state index contributed by atoms with van der Waals surface area (Å²) in [7, 11) is -3.58.